The van der Waals surface area contributed by atoms with Crippen molar-refractivity contribution in [1.29, 1.82) is 0 Å². The van der Waals surface area contributed by atoms with Crippen molar-refractivity contribution in [3.8, 4) is 22.7 Å². The van der Waals surface area contributed by atoms with Crippen molar-refractivity contribution in [2.24, 2.45) is 0 Å². The van der Waals surface area contributed by atoms with E-state index < -0.39 is 0 Å². The summed E-state index contributed by atoms with van der Waals surface area (Å²) in [6.45, 7) is 2.18. The van der Waals surface area contributed by atoms with Crippen molar-refractivity contribution < 1.29 is 9.84 Å². The average molecular weight is 408 g/mol. The van der Waals surface area contributed by atoms with Crippen LogP contribution < -0.4 is 4.74 Å². The Kier molecular flexibility index (Phi) is 5.79. The zero-order chi connectivity index (χ0) is 20.2. The first-order chi connectivity index (χ1) is 14.2. The molecule has 2 aromatic carbocycles. The molecule has 0 bridgehead atoms. The number of rotatable bonds is 7. The number of aryl methyl sites for hydroxylation is 2. The Balaban J connectivity index is 2.03. The van der Waals surface area contributed by atoms with Crippen molar-refractivity contribution in [3.63, 3.8) is 0 Å². The molecule has 0 amide bonds. The highest BCUT2D eigenvalue weighted by Gasteiger charge is 2.21. The third-order valence-electron chi connectivity index (χ3n) is 4.75. The van der Waals surface area contributed by atoms with Crippen molar-refractivity contribution in [3.05, 3.63) is 71.9 Å². The summed E-state index contributed by atoms with van der Waals surface area (Å²) < 4.78 is 7.82. The van der Waals surface area contributed by atoms with Gasteiger partial charge in [0.25, 0.3) is 0 Å². The zero-order valence-corrected chi connectivity index (χ0v) is 16.9. The fourth-order valence-electron chi connectivity index (χ4n) is 3.35. The molecule has 0 unspecified atom stereocenters. The van der Waals surface area contributed by atoms with Gasteiger partial charge in [-0.25, -0.2) is 9.67 Å². The van der Waals surface area contributed by atoms with Crippen LogP contribution in [0.2, 0.25) is 0 Å². The van der Waals surface area contributed by atoms with E-state index in [1.807, 2.05) is 35.0 Å². The molecule has 148 valence electrons. The summed E-state index contributed by atoms with van der Waals surface area (Å²) in [4.78, 5) is 4.71. The molecule has 29 heavy (non-hydrogen) atoms. The van der Waals surface area contributed by atoms with Gasteiger partial charge in [0.1, 0.15) is 18.1 Å². The van der Waals surface area contributed by atoms with Crippen LogP contribution in [0.5, 0.6) is 5.75 Å². The molecule has 0 atom stereocenters. The Morgan fingerprint density at radius 3 is 2.52 bits per heavy atom. The smallest absolute Gasteiger partial charge is 0.167 e. The molecule has 5 nitrogen and oxygen atoms in total. The second-order valence-electron chi connectivity index (χ2n) is 6.78. The SMILES string of the molecule is Cc1ccc(-c2nn(-c3ccccc3)c3ncc(CCCl)c(OCCO)c23)cc1. The van der Waals surface area contributed by atoms with Crippen molar-refractivity contribution in [1.82, 2.24) is 14.8 Å². The molecule has 0 fully saturated rings. The second-order valence-corrected chi connectivity index (χ2v) is 7.16. The van der Waals surface area contributed by atoms with E-state index in [1.54, 1.807) is 6.20 Å². The predicted molar refractivity (Wildman–Crippen MR) is 116 cm³/mol. The lowest BCUT2D eigenvalue weighted by atomic mass is 10.0. The van der Waals surface area contributed by atoms with Crippen molar-refractivity contribution in [2.45, 2.75) is 13.3 Å². The Morgan fingerprint density at radius 2 is 1.83 bits per heavy atom. The summed E-state index contributed by atoms with van der Waals surface area (Å²) in [5.41, 5.74) is 5.48. The molecule has 4 rings (SSSR count). The lowest BCUT2D eigenvalue weighted by Gasteiger charge is -2.12. The molecule has 2 heterocycles. The number of benzene rings is 2. The standard InChI is InChI=1S/C23H22ClN3O2/c1-16-7-9-17(10-8-16)21-20-22(29-14-13-28)18(11-12-24)15-25-23(20)27(26-21)19-5-3-2-4-6-19/h2-10,15,28H,11-14H2,1H3. The molecule has 1 N–H and O–H groups in total. The lowest BCUT2D eigenvalue weighted by molar-refractivity contribution is 0.202. The fourth-order valence-corrected chi connectivity index (χ4v) is 3.55. The lowest BCUT2D eigenvalue weighted by Crippen LogP contribution is -2.06. The minimum Gasteiger partial charge on any atom is -0.490 e. The van der Waals surface area contributed by atoms with Gasteiger partial charge in [-0.2, -0.15) is 5.10 Å². The topological polar surface area (TPSA) is 60.2 Å². The number of fused-ring (bicyclic) bond motifs is 1. The number of alkyl halides is 1. The van der Waals surface area contributed by atoms with Crippen LogP contribution in [0.4, 0.5) is 0 Å². The van der Waals surface area contributed by atoms with Gasteiger partial charge in [0.15, 0.2) is 5.65 Å². The van der Waals surface area contributed by atoms with Crippen LogP contribution >= 0.6 is 11.6 Å². The van der Waals surface area contributed by atoms with Gasteiger partial charge in [0.2, 0.25) is 0 Å². The van der Waals surface area contributed by atoms with Crippen LogP contribution in [0.25, 0.3) is 28.0 Å². The highest BCUT2D eigenvalue weighted by molar-refractivity contribution is 6.18. The number of aromatic nitrogens is 3. The first-order valence-electron chi connectivity index (χ1n) is 9.55. The monoisotopic (exact) mass is 407 g/mol. The molecule has 0 spiro atoms. The van der Waals surface area contributed by atoms with Crippen LogP contribution in [-0.2, 0) is 6.42 Å². The van der Waals surface area contributed by atoms with Gasteiger partial charge < -0.3 is 9.84 Å². The first-order valence-corrected chi connectivity index (χ1v) is 10.1. The maximum Gasteiger partial charge on any atom is 0.167 e. The number of aliphatic hydroxyl groups excluding tert-OH is 1. The van der Waals surface area contributed by atoms with E-state index in [0.717, 1.165) is 27.9 Å². The van der Waals surface area contributed by atoms with E-state index in [4.69, 9.17) is 26.4 Å². The number of halogens is 1. The molecule has 0 aliphatic rings. The number of para-hydroxylation sites is 1. The Bertz CT molecular complexity index is 1110. The predicted octanol–water partition coefficient (Wildman–Crippen LogP) is 4.55. The molecule has 0 radical (unpaired) electrons. The molecule has 6 heteroatoms. The number of pyridine rings is 1. The number of hydrogen-bond donors (Lipinski definition) is 1. The van der Waals surface area contributed by atoms with Gasteiger partial charge in [-0.3, -0.25) is 0 Å². The molecule has 4 aromatic rings. The Labute approximate surface area is 174 Å². The van der Waals surface area contributed by atoms with Crippen LogP contribution in [-0.4, -0.2) is 39.0 Å². The second kappa shape index (κ2) is 8.64. The summed E-state index contributed by atoms with van der Waals surface area (Å²) >= 11 is 6.02. The fraction of sp³-hybridized carbons (Fsp3) is 0.217. The van der Waals surface area contributed by atoms with Gasteiger partial charge in [-0.05, 0) is 25.5 Å². The number of ether oxygens (including phenoxy) is 1. The zero-order valence-electron chi connectivity index (χ0n) is 16.2. The summed E-state index contributed by atoms with van der Waals surface area (Å²) in [7, 11) is 0. The molecular formula is C23H22ClN3O2. The minimum absolute atomic E-state index is 0.0726. The Morgan fingerprint density at radius 1 is 1.07 bits per heavy atom. The van der Waals surface area contributed by atoms with Crippen LogP contribution in [0.1, 0.15) is 11.1 Å². The normalized spacial score (nSPS) is 11.1. The molecule has 0 aliphatic heterocycles. The van der Waals surface area contributed by atoms with Gasteiger partial charge in [-0.1, -0.05) is 48.0 Å². The molecule has 0 saturated carbocycles. The minimum atomic E-state index is -0.0726. The molecular weight excluding hydrogens is 386 g/mol. The van der Waals surface area contributed by atoms with Gasteiger partial charge >= 0.3 is 0 Å². The van der Waals surface area contributed by atoms with E-state index in [2.05, 4.69) is 31.2 Å². The summed E-state index contributed by atoms with van der Waals surface area (Å²) in [5, 5.41) is 15.1. The quantitative estimate of drug-likeness (QED) is 0.456. The number of hydrogen-bond acceptors (Lipinski definition) is 4. The first kappa shape index (κ1) is 19.4. The van der Waals surface area contributed by atoms with E-state index in [0.29, 0.717) is 23.7 Å². The molecule has 0 aliphatic carbocycles. The Hall–Kier alpha value is -2.89. The van der Waals surface area contributed by atoms with Crippen molar-refractivity contribution in [2.75, 3.05) is 19.1 Å². The van der Waals surface area contributed by atoms with Gasteiger partial charge in [0, 0.05) is 23.2 Å². The number of nitrogens with zero attached hydrogens (tertiary/aromatic N) is 3. The van der Waals surface area contributed by atoms with Crippen molar-refractivity contribution >= 4 is 22.6 Å². The molecule has 2 aromatic heterocycles. The summed E-state index contributed by atoms with van der Waals surface area (Å²) in [6.07, 6.45) is 2.41. The van der Waals surface area contributed by atoms with Gasteiger partial charge in [0.05, 0.1) is 17.7 Å². The van der Waals surface area contributed by atoms with Crippen LogP contribution in [0.15, 0.2) is 60.8 Å². The third kappa shape index (κ3) is 3.84. The van der Waals surface area contributed by atoms with E-state index in [-0.39, 0.29) is 13.2 Å². The summed E-state index contributed by atoms with van der Waals surface area (Å²) in [6, 6.07) is 18.1. The van der Waals surface area contributed by atoms with Crippen LogP contribution in [0, 0.1) is 6.92 Å². The highest BCUT2D eigenvalue weighted by atomic mass is 35.5. The largest absolute Gasteiger partial charge is 0.490 e. The maximum atomic E-state index is 9.33. The third-order valence-corrected chi connectivity index (χ3v) is 4.94. The number of aliphatic hydroxyl groups is 1. The molecule has 0 saturated heterocycles. The van der Waals surface area contributed by atoms with Gasteiger partial charge in [-0.15, -0.1) is 11.6 Å². The average Bonchev–Trinajstić information content (AvgIpc) is 3.14. The maximum absolute atomic E-state index is 9.33. The van der Waals surface area contributed by atoms with E-state index >= 15 is 0 Å². The van der Waals surface area contributed by atoms with E-state index in [1.165, 1.54) is 5.56 Å². The van der Waals surface area contributed by atoms with Crippen LogP contribution in [0.3, 0.4) is 0 Å². The highest BCUT2D eigenvalue weighted by Crippen LogP contribution is 2.38. The summed E-state index contributed by atoms with van der Waals surface area (Å²) in [5.74, 6) is 1.14. The van der Waals surface area contributed by atoms with E-state index in [9.17, 15) is 5.11 Å².